The highest BCUT2D eigenvalue weighted by atomic mass is 79.9. The summed E-state index contributed by atoms with van der Waals surface area (Å²) in [4.78, 5) is 11.6. The number of nitrogens with one attached hydrogen (secondary N) is 2. The summed E-state index contributed by atoms with van der Waals surface area (Å²) in [5.74, 6) is 0.0827. The van der Waals surface area contributed by atoms with Crippen molar-refractivity contribution in [1.82, 2.24) is 10.6 Å². The Morgan fingerprint density at radius 3 is 2.42 bits per heavy atom. The molecule has 19 heavy (non-hydrogen) atoms. The van der Waals surface area contributed by atoms with Crippen molar-refractivity contribution >= 4 is 22.0 Å². The van der Waals surface area contributed by atoms with E-state index >= 15 is 0 Å². The van der Waals surface area contributed by atoms with E-state index in [9.17, 15) is 9.90 Å². The number of hydrogen-bond donors (Lipinski definition) is 3. The fraction of sp³-hybridized carbons (Fsp3) is 0.500. The fourth-order valence-corrected chi connectivity index (χ4v) is 1.57. The lowest BCUT2D eigenvalue weighted by Gasteiger charge is -2.27. The van der Waals surface area contributed by atoms with Crippen molar-refractivity contribution in [3.63, 3.8) is 0 Å². The van der Waals surface area contributed by atoms with Gasteiger partial charge in [0, 0.05) is 17.6 Å². The van der Waals surface area contributed by atoms with Gasteiger partial charge >= 0.3 is 6.03 Å². The highest BCUT2D eigenvalue weighted by molar-refractivity contribution is 9.10. The molecule has 0 aliphatic heterocycles. The Bertz CT molecular complexity index is 416. The monoisotopic (exact) mass is 328 g/mol. The van der Waals surface area contributed by atoms with Gasteiger partial charge in [0.25, 0.3) is 0 Å². The quantitative estimate of drug-likeness (QED) is 0.778. The third-order valence-corrected chi connectivity index (χ3v) is 3.75. The third-order valence-electron chi connectivity index (χ3n) is 3.22. The van der Waals surface area contributed by atoms with Crippen molar-refractivity contribution in [3.8, 4) is 0 Å². The van der Waals surface area contributed by atoms with Crippen molar-refractivity contribution in [1.29, 1.82) is 0 Å². The predicted molar refractivity (Wildman–Crippen MR) is 79.8 cm³/mol. The van der Waals surface area contributed by atoms with E-state index in [2.05, 4.69) is 26.6 Å². The van der Waals surface area contributed by atoms with Crippen LogP contribution in [-0.4, -0.2) is 23.3 Å². The summed E-state index contributed by atoms with van der Waals surface area (Å²) in [6.07, 6.45) is 0. The van der Waals surface area contributed by atoms with Gasteiger partial charge in [0.1, 0.15) is 0 Å². The minimum Gasteiger partial charge on any atom is -0.388 e. The number of aliphatic hydroxyl groups is 1. The number of rotatable bonds is 5. The minimum atomic E-state index is -0.894. The average molecular weight is 329 g/mol. The third kappa shape index (κ3) is 5.61. The molecule has 0 aromatic heterocycles. The lowest BCUT2D eigenvalue weighted by Crippen LogP contribution is -2.47. The summed E-state index contributed by atoms with van der Waals surface area (Å²) in [6.45, 7) is 6.25. The number of carbonyl (C=O) groups excluding carboxylic acids is 1. The van der Waals surface area contributed by atoms with Gasteiger partial charge in [0.2, 0.25) is 0 Å². The average Bonchev–Trinajstić information content (AvgIpc) is 2.35. The molecule has 1 aromatic rings. The van der Waals surface area contributed by atoms with Gasteiger partial charge in [-0.05, 0) is 30.5 Å². The van der Waals surface area contributed by atoms with Crippen molar-refractivity contribution in [2.75, 3.05) is 6.54 Å². The fourth-order valence-electron chi connectivity index (χ4n) is 1.31. The van der Waals surface area contributed by atoms with Crippen molar-refractivity contribution in [2.24, 2.45) is 5.92 Å². The van der Waals surface area contributed by atoms with Gasteiger partial charge in [0.05, 0.1) is 5.60 Å². The van der Waals surface area contributed by atoms with Gasteiger partial charge in [0.15, 0.2) is 0 Å². The van der Waals surface area contributed by atoms with Crippen LogP contribution in [0.5, 0.6) is 0 Å². The van der Waals surface area contributed by atoms with Crippen molar-refractivity contribution < 1.29 is 9.90 Å². The molecule has 0 fully saturated rings. The molecule has 0 spiro atoms. The van der Waals surface area contributed by atoms with Crippen molar-refractivity contribution in [2.45, 2.75) is 32.9 Å². The van der Waals surface area contributed by atoms with E-state index in [0.717, 1.165) is 10.0 Å². The summed E-state index contributed by atoms with van der Waals surface area (Å²) in [5.41, 5.74) is 0.128. The molecule has 1 atom stereocenters. The van der Waals surface area contributed by atoms with Crippen LogP contribution in [0.15, 0.2) is 28.7 Å². The Balaban J connectivity index is 2.34. The van der Waals surface area contributed by atoms with Gasteiger partial charge in [-0.15, -0.1) is 0 Å². The number of carbonyl (C=O) groups is 1. The second-order valence-corrected chi connectivity index (χ2v) is 6.09. The lowest BCUT2D eigenvalue weighted by molar-refractivity contribution is 0.0166. The number of hydrogen-bond acceptors (Lipinski definition) is 2. The SMILES string of the molecule is CC(C)C(C)(O)CNC(=O)NCc1ccc(Br)cc1. The molecule has 2 amide bonds. The summed E-state index contributed by atoms with van der Waals surface area (Å²) in [7, 11) is 0. The van der Waals surface area contributed by atoms with Gasteiger partial charge in [-0.3, -0.25) is 0 Å². The minimum absolute atomic E-state index is 0.0827. The normalized spacial score (nSPS) is 14.0. The zero-order valence-corrected chi connectivity index (χ0v) is 13.1. The molecule has 106 valence electrons. The van der Waals surface area contributed by atoms with Crippen LogP contribution in [0.2, 0.25) is 0 Å². The zero-order valence-electron chi connectivity index (χ0n) is 11.5. The maximum atomic E-state index is 11.6. The van der Waals surface area contributed by atoms with Gasteiger partial charge < -0.3 is 15.7 Å². The maximum absolute atomic E-state index is 11.6. The Labute approximate surface area is 122 Å². The van der Waals surface area contributed by atoms with Crippen LogP contribution >= 0.6 is 15.9 Å². The predicted octanol–water partition coefficient (Wildman–Crippen LogP) is 2.66. The second kappa shape index (κ2) is 6.91. The second-order valence-electron chi connectivity index (χ2n) is 5.17. The summed E-state index contributed by atoms with van der Waals surface area (Å²) in [6, 6.07) is 7.46. The Morgan fingerprint density at radius 2 is 1.89 bits per heavy atom. The first-order valence-corrected chi connectivity index (χ1v) is 7.09. The summed E-state index contributed by atoms with van der Waals surface area (Å²) < 4.78 is 1.01. The molecule has 3 N–H and O–H groups in total. The van der Waals surface area contributed by atoms with Crippen LogP contribution in [0.4, 0.5) is 4.79 Å². The molecule has 5 heteroatoms. The highest BCUT2D eigenvalue weighted by Gasteiger charge is 2.25. The van der Waals surface area contributed by atoms with Crippen LogP contribution in [-0.2, 0) is 6.54 Å². The Morgan fingerprint density at radius 1 is 1.32 bits per heavy atom. The van der Waals surface area contributed by atoms with Crippen LogP contribution in [0.3, 0.4) is 0 Å². The maximum Gasteiger partial charge on any atom is 0.315 e. The van der Waals surface area contributed by atoms with Crippen molar-refractivity contribution in [3.05, 3.63) is 34.3 Å². The highest BCUT2D eigenvalue weighted by Crippen LogP contribution is 2.14. The number of benzene rings is 1. The lowest BCUT2D eigenvalue weighted by atomic mass is 9.93. The molecule has 0 radical (unpaired) electrons. The molecule has 0 heterocycles. The molecule has 0 saturated carbocycles. The number of urea groups is 1. The standard InChI is InChI=1S/C14H21BrN2O2/c1-10(2)14(3,19)9-17-13(18)16-8-11-4-6-12(15)7-5-11/h4-7,10,19H,8-9H2,1-3H3,(H2,16,17,18). The zero-order chi connectivity index (χ0) is 14.5. The Kier molecular flexibility index (Phi) is 5.82. The first-order chi connectivity index (χ1) is 8.81. The van der Waals surface area contributed by atoms with E-state index in [0.29, 0.717) is 6.54 Å². The molecule has 1 unspecified atom stereocenters. The molecule has 1 rings (SSSR count). The van der Waals surface area contributed by atoms with E-state index in [4.69, 9.17) is 0 Å². The molecule has 0 saturated heterocycles. The molecule has 0 aliphatic carbocycles. The van der Waals surface area contributed by atoms with E-state index in [-0.39, 0.29) is 18.5 Å². The molecular weight excluding hydrogens is 308 g/mol. The molecule has 1 aromatic carbocycles. The smallest absolute Gasteiger partial charge is 0.315 e. The topological polar surface area (TPSA) is 61.4 Å². The van der Waals surface area contributed by atoms with Gasteiger partial charge in [-0.25, -0.2) is 4.79 Å². The molecule has 0 bridgehead atoms. The van der Waals surface area contributed by atoms with Crippen LogP contribution in [0.1, 0.15) is 26.3 Å². The van der Waals surface area contributed by atoms with Gasteiger partial charge in [-0.2, -0.15) is 0 Å². The summed E-state index contributed by atoms with van der Waals surface area (Å²) >= 11 is 3.36. The van der Waals surface area contributed by atoms with Gasteiger partial charge in [-0.1, -0.05) is 41.9 Å². The number of halogens is 1. The van der Waals surface area contributed by atoms with Crippen LogP contribution in [0.25, 0.3) is 0 Å². The van der Waals surface area contributed by atoms with Crippen LogP contribution in [0, 0.1) is 5.92 Å². The Hall–Kier alpha value is -1.07. The first-order valence-electron chi connectivity index (χ1n) is 6.30. The number of amides is 2. The van der Waals surface area contributed by atoms with E-state index < -0.39 is 5.60 Å². The molecule has 0 aliphatic rings. The molecular formula is C14H21BrN2O2. The summed E-state index contributed by atoms with van der Waals surface area (Å²) in [5, 5.41) is 15.4. The molecule has 4 nitrogen and oxygen atoms in total. The van der Waals surface area contributed by atoms with E-state index in [1.165, 1.54) is 0 Å². The van der Waals surface area contributed by atoms with Crippen LogP contribution < -0.4 is 10.6 Å². The van der Waals surface area contributed by atoms with E-state index in [1.54, 1.807) is 6.92 Å². The largest absolute Gasteiger partial charge is 0.388 e. The van der Waals surface area contributed by atoms with E-state index in [1.807, 2.05) is 38.1 Å². The first kappa shape index (κ1) is 16.0.